The van der Waals surface area contributed by atoms with E-state index in [1.807, 2.05) is 0 Å². The van der Waals surface area contributed by atoms with Gasteiger partial charge in [0.2, 0.25) is 0 Å². The lowest BCUT2D eigenvalue weighted by atomic mass is 9.85. The van der Waals surface area contributed by atoms with Crippen LogP contribution in [0.15, 0.2) is 0 Å². The van der Waals surface area contributed by atoms with E-state index in [2.05, 4.69) is 36.1 Å². The summed E-state index contributed by atoms with van der Waals surface area (Å²) < 4.78 is 5.69. The van der Waals surface area contributed by atoms with Crippen molar-refractivity contribution in [1.82, 2.24) is 15.1 Å². The molecular weight excluding hydrogens is 238 g/mol. The molecule has 112 valence electrons. The first-order valence-electron chi connectivity index (χ1n) is 7.82. The highest BCUT2D eigenvalue weighted by Crippen LogP contribution is 2.30. The van der Waals surface area contributed by atoms with E-state index in [1.54, 1.807) is 0 Å². The SMILES string of the molecule is CCNCC1(CN(C)C2CCN(C)CC2)CCOC1. The van der Waals surface area contributed by atoms with Gasteiger partial charge in [-0.25, -0.2) is 0 Å². The van der Waals surface area contributed by atoms with Gasteiger partial charge in [-0.2, -0.15) is 0 Å². The van der Waals surface area contributed by atoms with Crippen molar-refractivity contribution in [2.45, 2.75) is 32.2 Å². The van der Waals surface area contributed by atoms with Gasteiger partial charge in [-0.3, -0.25) is 0 Å². The molecule has 0 aliphatic carbocycles. The van der Waals surface area contributed by atoms with E-state index < -0.39 is 0 Å². The van der Waals surface area contributed by atoms with Gasteiger partial charge in [0.05, 0.1) is 6.61 Å². The first-order valence-corrected chi connectivity index (χ1v) is 7.82. The Labute approximate surface area is 118 Å². The van der Waals surface area contributed by atoms with Crippen molar-refractivity contribution in [2.75, 3.05) is 60.0 Å². The van der Waals surface area contributed by atoms with Crippen LogP contribution < -0.4 is 5.32 Å². The highest BCUT2D eigenvalue weighted by Gasteiger charge is 2.37. The van der Waals surface area contributed by atoms with Crippen LogP contribution in [0, 0.1) is 5.41 Å². The zero-order valence-corrected chi connectivity index (χ0v) is 13.0. The molecule has 2 aliphatic heterocycles. The minimum Gasteiger partial charge on any atom is -0.381 e. The first-order chi connectivity index (χ1) is 9.15. The molecule has 0 radical (unpaired) electrons. The summed E-state index contributed by atoms with van der Waals surface area (Å²) >= 11 is 0. The van der Waals surface area contributed by atoms with Gasteiger partial charge in [0.25, 0.3) is 0 Å². The quantitative estimate of drug-likeness (QED) is 0.779. The maximum atomic E-state index is 5.69. The molecule has 2 fully saturated rings. The molecule has 19 heavy (non-hydrogen) atoms. The summed E-state index contributed by atoms with van der Waals surface area (Å²) in [5, 5.41) is 3.53. The fourth-order valence-corrected chi connectivity index (χ4v) is 3.45. The molecule has 4 nitrogen and oxygen atoms in total. The zero-order chi connectivity index (χ0) is 13.7. The lowest BCUT2D eigenvalue weighted by Crippen LogP contribution is -2.49. The van der Waals surface area contributed by atoms with Crippen molar-refractivity contribution < 1.29 is 4.74 Å². The molecule has 2 rings (SSSR count). The highest BCUT2D eigenvalue weighted by molar-refractivity contribution is 4.90. The van der Waals surface area contributed by atoms with Gasteiger partial charge in [-0.05, 0) is 53.0 Å². The van der Waals surface area contributed by atoms with Crippen LogP contribution in [0.5, 0.6) is 0 Å². The van der Waals surface area contributed by atoms with E-state index in [0.717, 1.165) is 32.3 Å². The number of hydrogen-bond acceptors (Lipinski definition) is 4. The first kappa shape index (κ1) is 15.2. The molecular formula is C15H31N3O. The molecule has 0 spiro atoms. The third-order valence-corrected chi connectivity index (χ3v) is 4.83. The number of nitrogens with one attached hydrogen (secondary N) is 1. The third-order valence-electron chi connectivity index (χ3n) is 4.83. The van der Waals surface area contributed by atoms with Crippen LogP contribution in [-0.4, -0.2) is 75.9 Å². The summed E-state index contributed by atoms with van der Waals surface area (Å²) in [4.78, 5) is 5.04. The van der Waals surface area contributed by atoms with Crippen molar-refractivity contribution in [3.63, 3.8) is 0 Å². The minimum atomic E-state index is 0.341. The fraction of sp³-hybridized carbons (Fsp3) is 1.00. The normalized spacial score (nSPS) is 30.3. The van der Waals surface area contributed by atoms with Crippen molar-refractivity contribution in [1.29, 1.82) is 0 Å². The van der Waals surface area contributed by atoms with Gasteiger partial charge < -0.3 is 19.9 Å². The second-order valence-corrected chi connectivity index (χ2v) is 6.53. The molecule has 0 aromatic heterocycles. The van der Waals surface area contributed by atoms with Crippen molar-refractivity contribution in [2.24, 2.45) is 5.41 Å². The molecule has 0 bridgehead atoms. The fourth-order valence-electron chi connectivity index (χ4n) is 3.45. The van der Waals surface area contributed by atoms with Gasteiger partial charge in [0.15, 0.2) is 0 Å². The molecule has 0 saturated carbocycles. The Balaban J connectivity index is 1.86. The van der Waals surface area contributed by atoms with E-state index in [9.17, 15) is 0 Å². The molecule has 2 saturated heterocycles. The largest absolute Gasteiger partial charge is 0.381 e. The summed E-state index contributed by atoms with van der Waals surface area (Å²) in [6, 6.07) is 0.760. The Morgan fingerprint density at radius 2 is 2.11 bits per heavy atom. The molecule has 4 heteroatoms. The standard InChI is InChI=1S/C15H31N3O/c1-4-16-11-15(7-10-19-13-15)12-18(3)14-5-8-17(2)9-6-14/h14,16H,4-13H2,1-3H3. The Morgan fingerprint density at radius 3 is 2.68 bits per heavy atom. The maximum absolute atomic E-state index is 5.69. The Morgan fingerprint density at radius 1 is 1.37 bits per heavy atom. The summed E-state index contributed by atoms with van der Waals surface area (Å²) in [7, 11) is 4.54. The number of rotatable bonds is 6. The van der Waals surface area contributed by atoms with Crippen molar-refractivity contribution in [3.8, 4) is 0 Å². The van der Waals surface area contributed by atoms with E-state index in [-0.39, 0.29) is 0 Å². The molecule has 0 amide bonds. The summed E-state index contributed by atoms with van der Waals surface area (Å²) in [6.45, 7) is 9.86. The topological polar surface area (TPSA) is 27.7 Å². The van der Waals surface area contributed by atoms with Gasteiger partial charge in [0.1, 0.15) is 0 Å². The summed E-state index contributed by atoms with van der Waals surface area (Å²) in [5.74, 6) is 0. The molecule has 2 aliphatic rings. The molecule has 1 unspecified atom stereocenters. The monoisotopic (exact) mass is 269 g/mol. The van der Waals surface area contributed by atoms with Crippen LogP contribution in [0.1, 0.15) is 26.2 Å². The Bertz CT molecular complexity index is 258. The van der Waals surface area contributed by atoms with Crippen molar-refractivity contribution in [3.05, 3.63) is 0 Å². The van der Waals surface area contributed by atoms with Gasteiger partial charge >= 0.3 is 0 Å². The van der Waals surface area contributed by atoms with Gasteiger partial charge in [-0.15, -0.1) is 0 Å². The predicted octanol–water partition coefficient (Wildman–Crippen LogP) is 1.03. The van der Waals surface area contributed by atoms with Crippen LogP contribution in [0.2, 0.25) is 0 Å². The van der Waals surface area contributed by atoms with E-state index in [1.165, 1.54) is 38.9 Å². The highest BCUT2D eigenvalue weighted by atomic mass is 16.5. The molecule has 1 N–H and O–H groups in total. The van der Waals surface area contributed by atoms with Crippen LogP contribution in [-0.2, 0) is 4.74 Å². The van der Waals surface area contributed by atoms with Crippen LogP contribution in [0.4, 0.5) is 0 Å². The number of nitrogens with zero attached hydrogens (tertiary/aromatic N) is 2. The Kier molecular flexibility index (Phi) is 5.63. The summed E-state index contributed by atoms with van der Waals surface area (Å²) in [6.07, 6.45) is 3.83. The number of hydrogen-bond donors (Lipinski definition) is 1. The lowest BCUT2D eigenvalue weighted by molar-refractivity contribution is 0.0776. The molecule has 0 aromatic rings. The summed E-state index contributed by atoms with van der Waals surface area (Å²) in [5.41, 5.74) is 0.341. The maximum Gasteiger partial charge on any atom is 0.0547 e. The third kappa shape index (κ3) is 4.15. The predicted molar refractivity (Wildman–Crippen MR) is 79.6 cm³/mol. The Hall–Kier alpha value is -0.160. The van der Waals surface area contributed by atoms with Crippen LogP contribution >= 0.6 is 0 Å². The number of piperidine rings is 1. The smallest absolute Gasteiger partial charge is 0.0547 e. The zero-order valence-electron chi connectivity index (χ0n) is 13.0. The van der Waals surface area contributed by atoms with Crippen LogP contribution in [0.25, 0.3) is 0 Å². The second kappa shape index (κ2) is 7.02. The van der Waals surface area contributed by atoms with Crippen LogP contribution in [0.3, 0.4) is 0 Å². The number of likely N-dealkylation sites (tertiary alicyclic amines) is 1. The molecule has 1 atom stereocenters. The average molecular weight is 269 g/mol. The van der Waals surface area contributed by atoms with E-state index >= 15 is 0 Å². The second-order valence-electron chi connectivity index (χ2n) is 6.53. The lowest BCUT2D eigenvalue weighted by Gasteiger charge is -2.40. The van der Waals surface area contributed by atoms with E-state index in [0.29, 0.717) is 5.41 Å². The van der Waals surface area contributed by atoms with E-state index in [4.69, 9.17) is 4.74 Å². The van der Waals surface area contributed by atoms with Gasteiger partial charge in [0, 0.05) is 31.2 Å². The average Bonchev–Trinajstić information content (AvgIpc) is 2.86. The number of ether oxygens (including phenoxy) is 1. The molecule has 0 aromatic carbocycles. The van der Waals surface area contributed by atoms with Gasteiger partial charge in [-0.1, -0.05) is 6.92 Å². The minimum absolute atomic E-state index is 0.341. The molecule has 2 heterocycles. The van der Waals surface area contributed by atoms with Crippen molar-refractivity contribution >= 4 is 0 Å².